The van der Waals surface area contributed by atoms with Gasteiger partial charge in [-0.05, 0) is 37.5 Å². The summed E-state index contributed by atoms with van der Waals surface area (Å²) >= 11 is 0. The van der Waals surface area contributed by atoms with E-state index in [0.29, 0.717) is 5.56 Å². The maximum absolute atomic E-state index is 12.7. The smallest absolute Gasteiger partial charge is 0.290 e. The van der Waals surface area contributed by atoms with E-state index in [2.05, 4.69) is 0 Å². The lowest BCUT2D eigenvalue weighted by atomic mass is 9.92. The fourth-order valence-electron chi connectivity index (χ4n) is 3.08. The van der Waals surface area contributed by atoms with Crippen LogP contribution in [-0.4, -0.2) is 46.1 Å². The highest BCUT2D eigenvalue weighted by Crippen LogP contribution is 2.39. The molecule has 0 saturated carbocycles. The lowest BCUT2D eigenvalue weighted by molar-refractivity contribution is -0.130. The molecule has 1 amide bonds. The lowest BCUT2D eigenvalue weighted by Crippen LogP contribution is -2.34. The van der Waals surface area contributed by atoms with Gasteiger partial charge >= 0.3 is 0 Å². The normalized spacial score (nSPS) is 17.7. The highest BCUT2D eigenvalue weighted by atomic mass is 16.5. The van der Waals surface area contributed by atoms with E-state index in [-0.39, 0.29) is 48.7 Å². The molecule has 6 heteroatoms. The molecule has 2 N–H and O–H groups in total. The Balaban J connectivity index is 2.40. The van der Waals surface area contributed by atoms with Gasteiger partial charge in [-0.2, -0.15) is 0 Å². The second-order valence-corrected chi connectivity index (χ2v) is 7.20. The topological polar surface area (TPSA) is 87.1 Å². The van der Waals surface area contributed by atoms with Gasteiger partial charge in [0, 0.05) is 13.0 Å². The number of carbonyl (C=O) groups is 2. The molecule has 0 aliphatic carbocycles. The Morgan fingerprint density at radius 3 is 2.50 bits per heavy atom. The van der Waals surface area contributed by atoms with Crippen LogP contribution in [0.25, 0.3) is 0 Å². The van der Waals surface area contributed by atoms with Crippen molar-refractivity contribution in [2.24, 2.45) is 5.92 Å². The molecule has 1 aromatic rings. The van der Waals surface area contributed by atoms with E-state index in [1.807, 2.05) is 27.7 Å². The number of benzene rings is 1. The standard InChI is InChI=1S/C20H27NO5/c1-12(2)10-16(23)17-18(14-6-5-7-15(22)11-14)21(20(25)19(17)24)8-9-26-13(3)4/h5-7,11-13,18,22,24H,8-10H2,1-4H3. The molecule has 0 radical (unpaired) electrons. The van der Waals surface area contributed by atoms with E-state index in [1.54, 1.807) is 12.1 Å². The van der Waals surface area contributed by atoms with Gasteiger partial charge < -0.3 is 19.8 Å². The summed E-state index contributed by atoms with van der Waals surface area (Å²) in [6.07, 6.45) is 0.244. The molecule has 1 aliphatic rings. The van der Waals surface area contributed by atoms with Crippen molar-refractivity contribution in [2.75, 3.05) is 13.2 Å². The lowest BCUT2D eigenvalue weighted by Gasteiger charge is -2.27. The number of aromatic hydroxyl groups is 1. The summed E-state index contributed by atoms with van der Waals surface area (Å²) in [7, 11) is 0. The summed E-state index contributed by atoms with van der Waals surface area (Å²) < 4.78 is 5.53. The van der Waals surface area contributed by atoms with Crippen molar-refractivity contribution < 1.29 is 24.5 Å². The van der Waals surface area contributed by atoms with Crippen LogP contribution in [0.3, 0.4) is 0 Å². The molecule has 1 aromatic carbocycles. The number of carbonyl (C=O) groups excluding carboxylic acids is 2. The largest absolute Gasteiger partial charge is 0.508 e. The number of nitrogens with zero attached hydrogens (tertiary/aromatic N) is 1. The van der Waals surface area contributed by atoms with E-state index in [9.17, 15) is 19.8 Å². The van der Waals surface area contributed by atoms with Gasteiger partial charge in [0.2, 0.25) is 0 Å². The molecule has 26 heavy (non-hydrogen) atoms. The van der Waals surface area contributed by atoms with E-state index in [0.717, 1.165) is 0 Å². The van der Waals surface area contributed by atoms with Gasteiger partial charge in [-0.1, -0.05) is 26.0 Å². The minimum atomic E-state index is -0.725. The molecule has 1 atom stereocenters. The van der Waals surface area contributed by atoms with E-state index in [4.69, 9.17) is 4.74 Å². The summed E-state index contributed by atoms with van der Waals surface area (Å²) in [6, 6.07) is 5.69. The van der Waals surface area contributed by atoms with Crippen LogP contribution in [-0.2, 0) is 14.3 Å². The molecule has 0 fully saturated rings. The Morgan fingerprint density at radius 2 is 1.92 bits per heavy atom. The molecule has 0 saturated heterocycles. The number of rotatable bonds is 8. The molecule has 142 valence electrons. The first-order valence-corrected chi connectivity index (χ1v) is 8.90. The van der Waals surface area contributed by atoms with Crippen LogP contribution in [0.4, 0.5) is 0 Å². The van der Waals surface area contributed by atoms with Gasteiger partial charge in [0.25, 0.3) is 5.91 Å². The highest BCUT2D eigenvalue weighted by Gasteiger charge is 2.43. The SMILES string of the molecule is CC(C)CC(=O)C1=C(O)C(=O)N(CCOC(C)C)C1c1cccc(O)c1. The van der Waals surface area contributed by atoms with Crippen molar-refractivity contribution in [3.8, 4) is 5.75 Å². The third-order valence-electron chi connectivity index (χ3n) is 4.17. The van der Waals surface area contributed by atoms with Gasteiger partial charge in [0.1, 0.15) is 5.75 Å². The van der Waals surface area contributed by atoms with Crippen molar-refractivity contribution in [1.82, 2.24) is 4.90 Å². The Kier molecular flexibility index (Phi) is 6.42. The first-order chi connectivity index (χ1) is 12.2. The number of hydrogen-bond acceptors (Lipinski definition) is 5. The number of aliphatic hydroxyl groups is 1. The summed E-state index contributed by atoms with van der Waals surface area (Å²) in [6.45, 7) is 8.13. The number of ketones is 1. The number of amides is 1. The van der Waals surface area contributed by atoms with E-state index < -0.39 is 17.7 Å². The van der Waals surface area contributed by atoms with Crippen LogP contribution in [0, 0.1) is 5.92 Å². The van der Waals surface area contributed by atoms with Gasteiger partial charge in [-0.3, -0.25) is 9.59 Å². The summed E-state index contributed by atoms with van der Waals surface area (Å²) in [5, 5.41) is 20.2. The zero-order valence-electron chi connectivity index (χ0n) is 15.7. The molecular formula is C20H27NO5. The van der Waals surface area contributed by atoms with Crippen molar-refractivity contribution in [3.05, 3.63) is 41.2 Å². The first kappa shape index (κ1) is 20.0. The minimum Gasteiger partial charge on any atom is -0.508 e. The average Bonchev–Trinajstić information content (AvgIpc) is 2.79. The fraction of sp³-hybridized carbons (Fsp3) is 0.500. The molecule has 0 aromatic heterocycles. The molecule has 0 bridgehead atoms. The quantitative estimate of drug-likeness (QED) is 0.743. The number of phenols is 1. The molecule has 1 unspecified atom stereocenters. The number of aliphatic hydroxyl groups excluding tert-OH is 1. The Bertz CT molecular complexity index is 708. The summed E-state index contributed by atoms with van der Waals surface area (Å²) in [5.74, 6) is -1.21. The zero-order valence-corrected chi connectivity index (χ0v) is 15.7. The van der Waals surface area contributed by atoms with Gasteiger partial charge in [0.15, 0.2) is 11.5 Å². The zero-order chi connectivity index (χ0) is 19.4. The predicted octanol–water partition coefficient (Wildman–Crippen LogP) is 3.13. The van der Waals surface area contributed by atoms with Crippen LogP contribution in [0.5, 0.6) is 5.75 Å². The molecule has 1 aliphatic heterocycles. The van der Waals surface area contributed by atoms with Crippen molar-refractivity contribution in [2.45, 2.75) is 46.3 Å². The number of hydrogen-bond donors (Lipinski definition) is 2. The summed E-state index contributed by atoms with van der Waals surface area (Å²) in [4.78, 5) is 26.7. The molecular weight excluding hydrogens is 334 g/mol. The Morgan fingerprint density at radius 1 is 1.23 bits per heavy atom. The first-order valence-electron chi connectivity index (χ1n) is 8.90. The monoisotopic (exact) mass is 361 g/mol. The highest BCUT2D eigenvalue weighted by molar-refractivity contribution is 6.09. The van der Waals surface area contributed by atoms with E-state index >= 15 is 0 Å². The van der Waals surface area contributed by atoms with Gasteiger partial charge in [-0.25, -0.2) is 0 Å². The second kappa shape index (κ2) is 8.36. The van der Waals surface area contributed by atoms with Crippen LogP contribution >= 0.6 is 0 Å². The average molecular weight is 361 g/mol. The molecule has 0 spiro atoms. The Labute approximate surface area is 154 Å². The van der Waals surface area contributed by atoms with Crippen LogP contribution in [0.15, 0.2) is 35.6 Å². The molecule has 2 rings (SSSR count). The Hall–Kier alpha value is -2.34. The fourth-order valence-corrected chi connectivity index (χ4v) is 3.08. The second-order valence-electron chi connectivity index (χ2n) is 7.20. The maximum Gasteiger partial charge on any atom is 0.290 e. The summed E-state index contributed by atoms with van der Waals surface area (Å²) in [5.41, 5.74) is 0.679. The van der Waals surface area contributed by atoms with Gasteiger partial charge in [-0.15, -0.1) is 0 Å². The molecule has 6 nitrogen and oxygen atoms in total. The minimum absolute atomic E-state index is 0.00974. The van der Waals surface area contributed by atoms with Crippen LogP contribution < -0.4 is 0 Å². The number of Topliss-reactive ketones (excluding diaryl/α,β-unsaturated/α-hetero) is 1. The maximum atomic E-state index is 12.7. The van der Waals surface area contributed by atoms with E-state index in [1.165, 1.54) is 17.0 Å². The van der Waals surface area contributed by atoms with Crippen molar-refractivity contribution in [1.29, 1.82) is 0 Å². The van der Waals surface area contributed by atoms with Gasteiger partial charge in [0.05, 0.1) is 24.3 Å². The molecule has 1 heterocycles. The van der Waals surface area contributed by atoms with Crippen molar-refractivity contribution in [3.63, 3.8) is 0 Å². The predicted molar refractivity (Wildman–Crippen MR) is 97.8 cm³/mol. The number of ether oxygens (including phenoxy) is 1. The van der Waals surface area contributed by atoms with Crippen LogP contribution in [0.2, 0.25) is 0 Å². The third kappa shape index (κ3) is 4.43. The number of phenolic OH excluding ortho intramolecular Hbond substituents is 1. The van der Waals surface area contributed by atoms with Crippen LogP contribution in [0.1, 0.15) is 45.7 Å². The third-order valence-corrected chi connectivity index (χ3v) is 4.17. The van der Waals surface area contributed by atoms with Crippen molar-refractivity contribution >= 4 is 11.7 Å².